The van der Waals surface area contributed by atoms with E-state index in [1.54, 1.807) is 0 Å². The molecular weight excluding hydrogens is 379 g/mol. The molecule has 0 spiro atoms. The first-order valence-electron chi connectivity index (χ1n) is 11.5. The van der Waals surface area contributed by atoms with Gasteiger partial charge in [0.15, 0.2) is 0 Å². The van der Waals surface area contributed by atoms with Gasteiger partial charge >= 0.3 is 5.97 Å². The summed E-state index contributed by atoms with van der Waals surface area (Å²) in [5.41, 5.74) is 2.72. The van der Waals surface area contributed by atoms with Gasteiger partial charge in [0.25, 0.3) is 0 Å². The Morgan fingerprint density at radius 1 is 1.20 bits per heavy atom. The van der Waals surface area contributed by atoms with Crippen LogP contribution in [0.15, 0.2) is 36.4 Å². The fourth-order valence-corrected chi connectivity index (χ4v) is 6.58. The number of piperazine rings is 1. The molecular formula is C25H33FN2O2. The lowest BCUT2D eigenvalue weighted by Gasteiger charge is -2.50. The number of ether oxygens (including phenoxy) is 1. The zero-order chi connectivity index (χ0) is 20.9. The summed E-state index contributed by atoms with van der Waals surface area (Å²) >= 11 is 0. The van der Waals surface area contributed by atoms with Crippen LogP contribution in [0.4, 0.5) is 10.1 Å². The second-order valence-electron chi connectivity index (χ2n) is 10.2. The van der Waals surface area contributed by atoms with Crippen LogP contribution in [0, 0.1) is 29.0 Å². The Kier molecular flexibility index (Phi) is 5.12. The fraction of sp³-hybridized carbons (Fsp3) is 0.640. The SMILES string of the molecule is C=C1CCC[C@@]2(C)C[C@H]3OC(=O)[C@@H](CN4CCN(c5ccc(F)cc5)CC4)[C@@H]3C[C@H]12. The second kappa shape index (κ2) is 7.67. The lowest BCUT2D eigenvalue weighted by molar-refractivity contribution is -0.146. The van der Waals surface area contributed by atoms with E-state index >= 15 is 0 Å². The van der Waals surface area contributed by atoms with Crippen molar-refractivity contribution in [2.45, 2.75) is 45.1 Å². The normalized spacial score (nSPS) is 36.9. The highest BCUT2D eigenvalue weighted by Gasteiger charge is 2.55. The largest absolute Gasteiger partial charge is 0.462 e. The van der Waals surface area contributed by atoms with Gasteiger partial charge in [-0.2, -0.15) is 0 Å². The molecule has 4 nitrogen and oxygen atoms in total. The van der Waals surface area contributed by atoms with E-state index in [-0.39, 0.29) is 29.2 Å². The highest BCUT2D eigenvalue weighted by atomic mass is 19.1. The van der Waals surface area contributed by atoms with E-state index in [9.17, 15) is 9.18 Å². The number of benzene rings is 1. The van der Waals surface area contributed by atoms with Crippen molar-refractivity contribution in [2.75, 3.05) is 37.6 Å². The first-order valence-corrected chi connectivity index (χ1v) is 11.5. The summed E-state index contributed by atoms with van der Waals surface area (Å²) in [6.45, 7) is 11.2. The lowest BCUT2D eigenvalue weighted by Crippen LogP contribution is -2.50. The van der Waals surface area contributed by atoms with Crippen LogP contribution in [-0.4, -0.2) is 49.7 Å². The number of carbonyl (C=O) groups excluding carboxylic acids is 1. The summed E-state index contributed by atoms with van der Waals surface area (Å²) in [4.78, 5) is 17.5. The predicted molar refractivity (Wildman–Crippen MR) is 116 cm³/mol. The highest BCUT2D eigenvalue weighted by Crippen LogP contribution is 2.56. The molecule has 5 atom stereocenters. The van der Waals surface area contributed by atoms with Gasteiger partial charge in [0.05, 0.1) is 5.92 Å². The number of rotatable bonds is 3. The molecule has 4 fully saturated rings. The van der Waals surface area contributed by atoms with Crippen molar-refractivity contribution in [3.8, 4) is 0 Å². The molecule has 1 aromatic carbocycles. The van der Waals surface area contributed by atoms with Crippen molar-refractivity contribution in [1.29, 1.82) is 0 Å². The number of anilines is 1. The molecule has 0 N–H and O–H groups in total. The molecule has 0 bridgehead atoms. The number of allylic oxidation sites excluding steroid dienone is 1. The molecule has 30 heavy (non-hydrogen) atoms. The minimum Gasteiger partial charge on any atom is -0.462 e. The summed E-state index contributed by atoms with van der Waals surface area (Å²) in [5.74, 6) is 0.682. The highest BCUT2D eigenvalue weighted by molar-refractivity contribution is 5.75. The van der Waals surface area contributed by atoms with Crippen LogP contribution < -0.4 is 4.90 Å². The first-order chi connectivity index (χ1) is 14.4. The molecule has 2 aliphatic heterocycles. The number of hydrogen-bond donors (Lipinski definition) is 0. The van der Waals surface area contributed by atoms with Crippen LogP contribution in [0.25, 0.3) is 0 Å². The molecule has 4 aliphatic rings. The minimum absolute atomic E-state index is 0.00773. The maximum atomic E-state index is 13.2. The average molecular weight is 413 g/mol. The van der Waals surface area contributed by atoms with Gasteiger partial charge in [-0.1, -0.05) is 19.1 Å². The van der Waals surface area contributed by atoms with E-state index in [0.717, 1.165) is 57.7 Å². The summed E-state index contributed by atoms with van der Waals surface area (Å²) < 4.78 is 19.1. The number of carbonyl (C=O) groups is 1. The van der Waals surface area contributed by atoms with Crippen molar-refractivity contribution in [2.24, 2.45) is 23.2 Å². The summed E-state index contributed by atoms with van der Waals surface area (Å²) in [5, 5.41) is 0. The molecule has 162 valence electrons. The van der Waals surface area contributed by atoms with E-state index in [4.69, 9.17) is 4.74 Å². The van der Waals surface area contributed by atoms with Crippen molar-refractivity contribution < 1.29 is 13.9 Å². The van der Waals surface area contributed by atoms with Crippen molar-refractivity contribution in [1.82, 2.24) is 4.90 Å². The summed E-state index contributed by atoms with van der Waals surface area (Å²) in [7, 11) is 0. The molecule has 0 radical (unpaired) electrons. The molecule has 2 heterocycles. The maximum absolute atomic E-state index is 13.2. The maximum Gasteiger partial charge on any atom is 0.310 e. The van der Waals surface area contributed by atoms with Crippen LogP contribution in [-0.2, 0) is 9.53 Å². The first kappa shape index (κ1) is 20.0. The third-order valence-electron chi connectivity index (χ3n) is 8.34. The summed E-state index contributed by atoms with van der Waals surface area (Å²) in [6.07, 6.45) is 5.75. The van der Waals surface area contributed by atoms with Gasteiger partial charge in [0.1, 0.15) is 11.9 Å². The molecule has 2 saturated heterocycles. The van der Waals surface area contributed by atoms with E-state index in [1.165, 1.54) is 30.5 Å². The third-order valence-corrected chi connectivity index (χ3v) is 8.34. The smallest absolute Gasteiger partial charge is 0.310 e. The number of halogens is 1. The Morgan fingerprint density at radius 2 is 1.93 bits per heavy atom. The van der Waals surface area contributed by atoms with E-state index in [1.807, 2.05) is 12.1 Å². The summed E-state index contributed by atoms with van der Waals surface area (Å²) in [6, 6.07) is 6.73. The van der Waals surface area contributed by atoms with Crippen LogP contribution in [0.2, 0.25) is 0 Å². The Labute approximate surface area is 179 Å². The van der Waals surface area contributed by atoms with Gasteiger partial charge in [0.2, 0.25) is 0 Å². The van der Waals surface area contributed by atoms with Gasteiger partial charge in [-0.15, -0.1) is 0 Å². The number of hydrogen-bond acceptors (Lipinski definition) is 4. The molecule has 2 aliphatic carbocycles. The molecule has 0 amide bonds. The Morgan fingerprint density at radius 3 is 2.67 bits per heavy atom. The van der Waals surface area contributed by atoms with Gasteiger partial charge in [-0.3, -0.25) is 9.69 Å². The number of fused-ring (bicyclic) bond motifs is 2. The van der Waals surface area contributed by atoms with Crippen LogP contribution in [0.1, 0.15) is 39.0 Å². The topological polar surface area (TPSA) is 32.8 Å². The van der Waals surface area contributed by atoms with Gasteiger partial charge in [-0.25, -0.2) is 4.39 Å². The zero-order valence-corrected chi connectivity index (χ0v) is 18.0. The van der Waals surface area contributed by atoms with Gasteiger partial charge in [0, 0.05) is 44.3 Å². The van der Waals surface area contributed by atoms with Crippen LogP contribution in [0.5, 0.6) is 0 Å². The second-order valence-corrected chi connectivity index (χ2v) is 10.2. The van der Waals surface area contributed by atoms with E-state index < -0.39 is 0 Å². The molecule has 0 unspecified atom stereocenters. The predicted octanol–water partition coefficient (Wildman–Crippen LogP) is 4.26. The Bertz CT molecular complexity index is 817. The molecule has 0 aromatic heterocycles. The monoisotopic (exact) mass is 412 g/mol. The van der Waals surface area contributed by atoms with Crippen LogP contribution in [0.3, 0.4) is 0 Å². The van der Waals surface area contributed by atoms with Crippen molar-refractivity contribution >= 4 is 11.7 Å². The van der Waals surface area contributed by atoms with Gasteiger partial charge in [-0.05, 0) is 67.7 Å². The molecule has 5 heteroatoms. The minimum atomic E-state index is -0.198. The molecule has 2 saturated carbocycles. The average Bonchev–Trinajstić information content (AvgIpc) is 3.01. The molecule has 1 aromatic rings. The van der Waals surface area contributed by atoms with E-state index in [2.05, 4.69) is 23.3 Å². The van der Waals surface area contributed by atoms with Crippen molar-refractivity contribution in [3.63, 3.8) is 0 Å². The van der Waals surface area contributed by atoms with Crippen LogP contribution >= 0.6 is 0 Å². The van der Waals surface area contributed by atoms with E-state index in [0.29, 0.717) is 11.8 Å². The Balaban J connectivity index is 1.22. The lowest BCUT2D eigenvalue weighted by atomic mass is 9.55. The Hall–Kier alpha value is -1.88. The third kappa shape index (κ3) is 3.55. The number of nitrogens with zero attached hydrogens (tertiary/aromatic N) is 2. The van der Waals surface area contributed by atoms with Gasteiger partial charge < -0.3 is 9.64 Å². The fourth-order valence-electron chi connectivity index (χ4n) is 6.58. The van der Waals surface area contributed by atoms with Crippen molar-refractivity contribution in [3.05, 3.63) is 42.2 Å². The molecule has 5 rings (SSSR count). The quantitative estimate of drug-likeness (QED) is 0.549. The number of esters is 1. The standard InChI is InChI=1S/C25H33FN2O2/c1-17-4-3-9-25(2)15-23-20(14-22(17)25)21(24(29)30-23)16-27-10-12-28(13-11-27)19-7-5-18(26)6-8-19/h5-8,20-23H,1,3-4,9-16H2,2H3/t20-,21-,22+,23+,25-/m0/s1. The zero-order valence-electron chi connectivity index (χ0n) is 18.0.